The Morgan fingerprint density at radius 2 is 1.80 bits per heavy atom. The van der Waals surface area contributed by atoms with E-state index in [4.69, 9.17) is 28.9 Å². The normalized spacial score (nSPS) is 23.9. The molecule has 6 atom stereocenters. The highest BCUT2D eigenvalue weighted by atomic mass is 16.7. The molecule has 0 spiro atoms. The van der Waals surface area contributed by atoms with Crippen LogP contribution in [0.2, 0.25) is 0 Å². The highest BCUT2D eigenvalue weighted by Crippen LogP contribution is 2.62. The summed E-state index contributed by atoms with van der Waals surface area (Å²) in [5.74, 6) is -1.09. The molecule has 3 aliphatic carbocycles. The molecule has 2 saturated carbocycles. The third-order valence-corrected chi connectivity index (χ3v) is 12.8. The molecule has 344 valence electrons. The lowest BCUT2D eigenvalue weighted by Crippen LogP contribution is -2.70. The van der Waals surface area contributed by atoms with Crippen LogP contribution in [0.15, 0.2) is 90.1 Å². The summed E-state index contributed by atoms with van der Waals surface area (Å²) in [4.78, 5) is 38.2. The number of allylic oxidation sites excluding steroid dienone is 1. The van der Waals surface area contributed by atoms with E-state index >= 15 is 0 Å². The molecule has 15 nitrogen and oxygen atoms in total. The molecule has 4 aliphatic rings. The maximum Gasteiger partial charge on any atom is 0.269 e. The number of oxime groups is 1. The number of nitro groups is 1. The van der Waals surface area contributed by atoms with Gasteiger partial charge in [0.1, 0.15) is 30.8 Å². The Bertz CT molecular complexity index is 2130. The SMILES string of the molecule is C=CCOC12Oc3ccc(OCc4cccc(C)n4)cc3C3C(CCCCO)C(CCCCO)C=C(C(=NOCc4ccc([N+](=O)[O-])cc4)CC1N(CCOCCO)C(=O)C1CC1)C32. The summed E-state index contributed by atoms with van der Waals surface area (Å²) in [7, 11) is 0. The minimum atomic E-state index is -1.43. The Labute approximate surface area is 374 Å². The molecule has 3 N–H and O–H groups in total. The molecular formula is C49H62N4O11. The Morgan fingerprint density at radius 3 is 2.50 bits per heavy atom. The minimum absolute atomic E-state index is 0.0172. The maximum atomic E-state index is 14.6. The molecule has 64 heavy (non-hydrogen) atoms. The number of hydrogen-bond acceptors (Lipinski definition) is 13. The van der Waals surface area contributed by atoms with Gasteiger partial charge in [-0.1, -0.05) is 36.2 Å². The largest absolute Gasteiger partial charge is 0.487 e. The first-order valence-electron chi connectivity index (χ1n) is 22.7. The van der Waals surface area contributed by atoms with E-state index in [0.29, 0.717) is 35.6 Å². The fraction of sp³-hybridized carbons (Fsp3) is 0.531. The van der Waals surface area contributed by atoms with Crippen molar-refractivity contribution in [2.24, 2.45) is 28.8 Å². The van der Waals surface area contributed by atoms with Gasteiger partial charge in [0.15, 0.2) is 0 Å². The molecule has 2 aromatic carbocycles. The second-order valence-corrected chi connectivity index (χ2v) is 17.2. The smallest absolute Gasteiger partial charge is 0.269 e. The molecule has 2 fully saturated rings. The number of ether oxygens (including phenoxy) is 4. The quantitative estimate of drug-likeness (QED) is 0.0343. The number of nitrogens with zero attached hydrogens (tertiary/aromatic N) is 4. The first-order valence-corrected chi connectivity index (χ1v) is 22.7. The summed E-state index contributed by atoms with van der Waals surface area (Å²) in [6.45, 7) is 6.90. The van der Waals surface area contributed by atoms with Gasteiger partial charge in [0.2, 0.25) is 11.7 Å². The van der Waals surface area contributed by atoms with Gasteiger partial charge in [-0.2, -0.15) is 0 Å². The molecule has 2 heterocycles. The number of benzene rings is 2. The molecule has 6 unspecified atom stereocenters. The Hall–Kier alpha value is -5.19. The predicted octanol–water partition coefficient (Wildman–Crippen LogP) is 6.96. The fourth-order valence-electron chi connectivity index (χ4n) is 9.79. The third kappa shape index (κ3) is 10.8. The Balaban J connectivity index is 1.39. The fourth-order valence-corrected chi connectivity index (χ4v) is 9.79. The zero-order chi connectivity index (χ0) is 45.1. The number of nitro benzene ring substituents is 1. The van der Waals surface area contributed by atoms with Gasteiger partial charge in [0.25, 0.3) is 5.69 Å². The number of aliphatic hydroxyl groups is 3. The average molecular weight is 883 g/mol. The predicted molar refractivity (Wildman–Crippen MR) is 238 cm³/mol. The van der Waals surface area contributed by atoms with Crippen LogP contribution in [0.25, 0.3) is 0 Å². The molecule has 0 saturated heterocycles. The zero-order valence-corrected chi connectivity index (χ0v) is 36.7. The number of aliphatic hydroxyl groups excluding tert-OH is 3. The number of rotatable bonds is 25. The molecule has 15 heteroatoms. The van der Waals surface area contributed by atoms with E-state index in [-0.39, 0.29) is 101 Å². The number of amides is 1. The van der Waals surface area contributed by atoms with E-state index < -0.39 is 22.7 Å². The molecule has 0 radical (unpaired) electrons. The van der Waals surface area contributed by atoms with E-state index in [9.17, 15) is 30.2 Å². The Kier molecular flexibility index (Phi) is 16.2. The summed E-state index contributed by atoms with van der Waals surface area (Å²) >= 11 is 0. The lowest BCUT2D eigenvalue weighted by molar-refractivity contribution is -0.384. The van der Waals surface area contributed by atoms with Crippen LogP contribution in [-0.2, 0) is 32.3 Å². The van der Waals surface area contributed by atoms with Crippen LogP contribution in [0.1, 0.15) is 86.2 Å². The molecule has 7 rings (SSSR count). The van der Waals surface area contributed by atoms with Crippen LogP contribution >= 0.6 is 0 Å². The summed E-state index contributed by atoms with van der Waals surface area (Å²) in [6, 6.07) is 17.1. The van der Waals surface area contributed by atoms with E-state index in [2.05, 4.69) is 23.7 Å². The van der Waals surface area contributed by atoms with Crippen LogP contribution in [0.4, 0.5) is 5.69 Å². The third-order valence-electron chi connectivity index (χ3n) is 12.8. The molecule has 1 aliphatic heterocycles. The van der Waals surface area contributed by atoms with E-state index in [0.717, 1.165) is 61.0 Å². The van der Waals surface area contributed by atoms with Crippen LogP contribution in [0, 0.1) is 40.7 Å². The molecule has 1 amide bonds. The van der Waals surface area contributed by atoms with Crippen molar-refractivity contribution in [2.45, 2.75) is 95.7 Å². The summed E-state index contributed by atoms with van der Waals surface area (Å²) in [5.41, 5.74) is 4.82. The lowest BCUT2D eigenvalue weighted by atomic mass is 9.55. The molecular weight excluding hydrogens is 821 g/mol. The van der Waals surface area contributed by atoms with Crippen molar-refractivity contribution in [1.29, 1.82) is 0 Å². The highest BCUT2D eigenvalue weighted by Gasteiger charge is 2.66. The van der Waals surface area contributed by atoms with Gasteiger partial charge in [-0.05, 0) is 111 Å². The summed E-state index contributed by atoms with van der Waals surface area (Å²) in [6.07, 6.45) is 10.1. The van der Waals surface area contributed by atoms with Crippen LogP contribution in [0.5, 0.6) is 11.5 Å². The Morgan fingerprint density at radius 1 is 1.02 bits per heavy atom. The van der Waals surface area contributed by atoms with Gasteiger partial charge in [0, 0.05) is 61.4 Å². The number of carbonyl (C=O) groups excluding carboxylic acids is 1. The van der Waals surface area contributed by atoms with Gasteiger partial charge >= 0.3 is 0 Å². The van der Waals surface area contributed by atoms with Crippen LogP contribution in [-0.4, -0.2) is 99.8 Å². The standard InChI is InChI=1S/C49H62N4O11/c1-3-25-62-49-45(52(21-26-60-27-24-56)48(57)35-15-16-35)30-43(51-63-31-34-13-17-38(18-14-34)53(58)59)41-28-36(10-4-6-22-54)40(12-5-7-23-55)46(47(41)49)42-29-39(19-20-44(42)64-49)61-32-37-11-8-9-33(2)50-37/h3,8-9,11,13-14,17-20,28-29,35-36,40,45-47,54-56H,1,4-7,10,12,15-16,21-27,30-32H2,2H3. The van der Waals surface area contributed by atoms with Crippen molar-refractivity contribution in [2.75, 3.05) is 46.2 Å². The second kappa shape index (κ2) is 22.1. The molecule has 3 aromatic rings. The van der Waals surface area contributed by atoms with E-state index in [1.54, 1.807) is 18.2 Å². The number of aromatic nitrogens is 1. The van der Waals surface area contributed by atoms with Crippen molar-refractivity contribution >= 4 is 17.3 Å². The second-order valence-electron chi connectivity index (χ2n) is 17.2. The van der Waals surface area contributed by atoms with Gasteiger partial charge in [0.05, 0.1) is 48.7 Å². The first-order chi connectivity index (χ1) is 31.2. The number of non-ortho nitro benzene ring substituents is 1. The number of aryl methyl sites for hydroxylation is 1. The number of pyridine rings is 1. The molecule has 0 bridgehead atoms. The average Bonchev–Trinajstić information content (AvgIpc) is 4.15. The van der Waals surface area contributed by atoms with Crippen molar-refractivity contribution in [3.8, 4) is 11.5 Å². The number of carbonyl (C=O) groups is 1. The van der Waals surface area contributed by atoms with E-state index in [1.807, 2.05) is 42.2 Å². The molecule has 1 aromatic heterocycles. The zero-order valence-electron chi connectivity index (χ0n) is 36.7. The first kappa shape index (κ1) is 46.8. The van der Waals surface area contributed by atoms with E-state index in [1.165, 1.54) is 12.1 Å². The highest BCUT2D eigenvalue weighted by molar-refractivity contribution is 6.03. The topological polar surface area (TPSA) is 196 Å². The van der Waals surface area contributed by atoms with Gasteiger partial charge in [-0.25, -0.2) is 0 Å². The summed E-state index contributed by atoms with van der Waals surface area (Å²) < 4.78 is 26.7. The number of unbranched alkanes of at least 4 members (excludes halogenated alkanes) is 2. The minimum Gasteiger partial charge on any atom is -0.487 e. The van der Waals surface area contributed by atoms with Crippen molar-refractivity contribution in [3.05, 3.63) is 118 Å². The van der Waals surface area contributed by atoms with Crippen LogP contribution < -0.4 is 9.47 Å². The van der Waals surface area contributed by atoms with Crippen LogP contribution in [0.3, 0.4) is 0 Å². The van der Waals surface area contributed by atoms with Crippen molar-refractivity contribution in [1.82, 2.24) is 9.88 Å². The number of fused-ring (bicyclic) bond motifs is 2. The monoisotopic (exact) mass is 882 g/mol. The summed E-state index contributed by atoms with van der Waals surface area (Å²) in [5, 5.41) is 45.7. The van der Waals surface area contributed by atoms with Gasteiger partial charge in [-0.3, -0.25) is 19.9 Å². The van der Waals surface area contributed by atoms with Crippen molar-refractivity contribution in [3.63, 3.8) is 0 Å². The van der Waals surface area contributed by atoms with Gasteiger partial charge in [-0.15, -0.1) is 6.58 Å². The maximum absolute atomic E-state index is 14.6. The van der Waals surface area contributed by atoms with Gasteiger partial charge < -0.3 is 44.0 Å². The van der Waals surface area contributed by atoms with Crippen molar-refractivity contribution < 1.29 is 48.8 Å². The number of hydrogen-bond donors (Lipinski definition) is 3. The lowest BCUT2D eigenvalue weighted by Gasteiger charge is -2.60.